The number of aliphatic hydroxyl groups excluding tert-OH is 1. The molecule has 1 rings (SSSR count). The van der Waals surface area contributed by atoms with Crippen molar-refractivity contribution in [2.75, 3.05) is 46.5 Å². The van der Waals surface area contributed by atoms with Crippen molar-refractivity contribution in [3.05, 3.63) is 0 Å². The molecule has 2 atom stereocenters. The minimum Gasteiger partial charge on any atom is -0.395 e. The molecule has 0 amide bonds. The van der Waals surface area contributed by atoms with Gasteiger partial charge in [0.05, 0.1) is 13.2 Å². The van der Waals surface area contributed by atoms with Crippen LogP contribution in [-0.4, -0.2) is 62.6 Å². The number of ether oxygens (including phenoxy) is 1. The van der Waals surface area contributed by atoms with Crippen LogP contribution in [0.1, 0.15) is 26.2 Å². The molecule has 2 unspecified atom stereocenters. The van der Waals surface area contributed by atoms with Crippen LogP contribution in [0.4, 0.5) is 0 Å². The molecule has 0 radical (unpaired) electrons. The highest BCUT2D eigenvalue weighted by atomic mass is 16.5. The zero-order valence-electron chi connectivity index (χ0n) is 11.3. The molecule has 1 fully saturated rings. The van der Waals surface area contributed by atoms with E-state index in [0.29, 0.717) is 12.0 Å². The first-order valence-electron chi connectivity index (χ1n) is 6.90. The molecule has 0 aromatic rings. The fraction of sp³-hybridized carbons (Fsp3) is 1.00. The van der Waals surface area contributed by atoms with Gasteiger partial charge in [0.1, 0.15) is 0 Å². The second kappa shape index (κ2) is 8.86. The highest BCUT2D eigenvalue weighted by Gasteiger charge is 2.25. The van der Waals surface area contributed by atoms with Crippen molar-refractivity contribution in [3.63, 3.8) is 0 Å². The molecule has 0 aromatic carbocycles. The predicted molar refractivity (Wildman–Crippen MR) is 70.2 cm³/mol. The molecule has 0 aliphatic carbocycles. The lowest BCUT2D eigenvalue weighted by Crippen LogP contribution is -2.47. The van der Waals surface area contributed by atoms with E-state index >= 15 is 0 Å². The summed E-state index contributed by atoms with van der Waals surface area (Å²) in [6.07, 6.45) is 3.51. The first-order chi connectivity index (χ1) is 8.31. The molecule has 4 nitrogen and oxygen atoms in total. The number of nitrogens with zero attached hydrogens (tertiary/aromatic N) is 1. The Balaban J connectivity index is 2.39. The molecule has 0 spiro atoms. The van der Waals surface area contributed by atoms with Gasteiger partial charge in [-0.3, -0.25) is 0 Å². The van der Waals surface area contributed by atoms with E-state index < -0.39 is 0 Å². The summed E-state index contributed by atoms with van der Waals surface area (Å²) >= 11 is 0. The van der Waals surface area contributed by atoms with Crippen molar-refractivity contribution >= 4 is 0 Å². The molecule has 0 bridgehead atoms. The van der Waals surface area contributed by atoms with Gasteiger partial charge < -0.3 is 20.1 Å². The summed E-state index contributed by atoms with van der Waals surface area (Å²) in [5, 5.41) is 12.5. The highest BCUT2D eigenvalue weighted by Crippen LogP contribution is 2.16. The maximum absolute atomic E-state index is 9.10. The van der Waals surface area contributed by atoms with Crippen LogP contribution in [0, 0.1) is 5.92 Å². The zero-order valence-corrected chi connectivity index (χ0v) is 11.3. The van der Waals surface area contributed by atoms with Gasteiger partial charge in [0, 0.05) is 31.7 Å². The van der Waals surface area contributed by atoms with E-state index in [1.54, 1.807) is 0 Å². The Morgan fingerprint density at radius 2 is 2.24 bits per heavy atom. The largest absolute Gasteiger partial charge is 0.395 e. The third-order valence-corrected chi connectivity index (χ3v) is 3.58. The van der Waals surface area contributed by atoms with Crippen molar-refractivity contribution in [1.82, 2.24) is 10.2 Å². The fourth-order valence-corrected chi connectivity index (χ4v) is 2.51. The molecule has 1 aliphatic rings. The molecule has 102 valence electrons. The second-order valence-electron chi connectivity index (χ2n) is 4.90. The summed E-state index contributed by atoms with van der Waals surface area (Å²) in [5.41, 5.74) is 0. The van der Waals surface area contributed by atoms with Gasteiger partial charge in [-0.25, -0.2) is 0 Å². The molecule has 0 saturated carbocycles. The van der Waals surface area contributed by atoms with Crippen LogP contribution in [0.2, 0.25) is 0 Å². The summed E-state index contributed by atoms with van der Waals surface area (Å²) in [7, 11) is 2.03. The van der Waals surface area contributed by atoms with Gasteiger partial charge in [-0.15, -0.1) is 0 Å². The first kappa shape index (κ1) is 14.9. The molecule has 1 saturated heterocycles. The van der Waals surface area contributed by atoms with Crippen LogP contribution in [0.25, 0.3) is 0 Å². The average molecular weight is 244 g/mol. The third-order valence-electron chi connectivity index (χ3n) is 3.58. The Bertz CT molecular complexity index is 190. The summed E-state index contributed by atoms with van der Waals surface area (Å²) in [5.74, 6) is 0.553. The van der Waals surface area contributed by atoms with E-state index in [1.165, 1.54) is 12.8 Å². The van der Waals surface area contributed by atoms with E-state index in [9.17, 15) is 0 Å². The third kappa shape index (κ3) is 5.34. The molecule has 17 heavy (non-hydrogen) atoms. The SMILES string of the molecule is CCCCN(CCO)CC1COCCC1NC. The normalized spacial score (nSPS) is 25.4. The standard InChI is InChI=1S/C13H28N2O2/c1-3-4-6-15(7-8-16)10-12-11-17-9-5-13(12)14-2/h12-14,16H,3-11H2,1-2H3. The minimum atomic E-state index is 0.251. The van der Waals surface area contributed by atoms with E-state index in [0.717, 1.165) is 39.3 Å². The van der Waals surface area contributed by atoms with Crippen LogP contribution in [0.15, 0.2) is 0 Å². The van der Waals surface area contributed by atoms with Crippen LogP contribution in [0.3, 0.4) is 0 Å². The van der Waals surface area contributed by atoms with Gasteiger partial charge in [-0.2, -0.15) is 0 Å². The number of aliphatic hydroxyl groups is 1. The Morgan fingerprint density at radius 3 is 2.88 bits per heavy atom. The molecular weight excluding hydrogens is 216 g/mol. The Morgan fingerprint density at radius 1 is 1.41 bits per heavy atom. The summed E-state index contributed by atoms with van der Waals surface area (Å²) in [6.45, 7) is 7.08. The maximum atomic E-state index is 9.10. The average Bonchev–Trinajstić information content (AvgIpc) is 2.37. The van der Waals surface area contributed by atoms with E-state index in [-0.39, 0.29) is 6.61 Å². The quantitative estimate of drug-likeness (QED) is 0.660. The second-order valence-corrected chi connectivity index (χ2v) is 4.90. The smallest absolute Gasteiger partial charge is 0.0558 e. The number of hydrogen-bond acceptors (Lipinski definition) is 4. The highest BCUT2D eigenvalue weighted by molar-refractivity contribution is 4.81. The predicted octanol–water partition coefficient (Wildman–Crippen LogP) is 0.705. The van der Waals surface area contributed by atoms with Crippen molar-refractivity contribution < 1.29 is 9.84 Å². The van der Waals surface area contributed by atoms with Crippen molar-refractivity contribution in [2.24, 2.45) is 5.92 Å². The van der Waals surface area contributed by atoms with Crippen LogP contribution in [0.5, 0.6) is 0 Å². The maximum Gasteiger partial charge on any atom is 0.0558 e. The molecular formula is C13H28N2O2. The topological polar surface area (TPSA) is 44.7 Å². The lowest BCUT2D eigenvalue weighted by atomic mass is 9.95. The van der Waals surface area contributed by atoms with E-state index in [2.05, 4.69) is 17.1 Å². The summed E-state index contributed by atoms with van der Waals surface area (Å²) < 4.78 is 5.57. The first-order valence-corrected chi connectivity index (χ1v) is 6.90. The van der Waals surface area contributed by atoms with Gasteiger partial charge in [-0.05, 0) is 26.4 Å². The molecule has 4 heteroatoms. The molecule has 2 N–H and O–H groups in total. The van der Waals surface area contributed by atoms with Gasteiger partial charge in [0.25, 0.3) is 0 Å². The van der Waals surface area contributed by atoms with Crippen LogP contribution < -0.4 is 5.32 Å². The molecule has 0 aromatic heterocycles. The van der Waals surface area contributed by atoms with Crippen molar-refractivity contribution in [2.45, 2.75) is 32.2 Å². The van der Waals surface area contributed by atoms with Gasteiger partial charge in [0.2, 0.25) is 0 Å². The lowest BCUT2D eigenvalue weighted by Gasteiger charge is -2.35. The summed E-state index contributed by atoms with van der Waals surface area (Å²) in [4.78, 5) is 2.37. The molecule has 1 aliphatic heterocycles. The Hall–Kier alpha value is -0.160. The van der Waals surface area contributed by atoms with E-state index in [1.807, 2.05) is 7.05 Å². The Kier molecular flexibility index (Phi) is 7.77. The van der Waals surface area contributed by atoms with Gasteiger partial charge in [-0.1, -0.05) is 13.3 Å². The van der Waals surface area contributed by atoms with Crippen LogP contribution in [-0.2, 0) is 4.74 Å². The lowest BCUT2D eigenvalue weighted by molar-refractivity contribution is 0.0161. The number of unbranched alkanes of at least 4 members (excludes halogenated alkanes) is 1. The number of hydrogen-bond donors (Lipinski definition) is 2. The van der Waals surface area contributed by atoms with Crippen molar-refractivity contribution in [3.8, 4) is 0 Å². The van der Waals surface area contributed by atoms with Gasteiger partial charge >= 0.3 is 0 Å². The Labute approximate surface area is 105 Å². The van der Waals surface area contributed by atoms with Crippen LogP contribution >= 0.6 is 0 Å². The summed E-state index contributed by atoms with van der Waals surface area (Å²) in [6, 6.07) is 0.562. The van der Waals surface area contributed by atoms with Gasteiger partial charge in [0.15, 0.2) is 0 Å². The molecule has 1 heterocycles. The van der Waals surface area contributed by atoms with Crippen molar-refractivity contribution in [1.29, 1.82) is 0 Å². The fourth-order valence-electron chi connectivity index (χ4n) is 2.51. The number of nitrogens with one attached hydrogen (secondary N) is 1. The monoisotopic (exact) mass is 244 g/mol. The minimum absolute atomic E-state index is 0.251. The zero-order chi connectivity index (χ0) is 12.5. The number of rotatable bonds is 8. The van der Waals surface area contributed by atoms with E-state index in [4.69, 9.17) is 9.84 Å².